The van der Waals surface area contributed by atoms with Crippen LogP contribution in [0.4, 0.5) is 5.69 Å². The van der Waals surface area contributed by atoms with Gasteiger partial charge in [0, 0.05) is 23.6 Å². The molecule has 34 heavy (non-hydrogen) atoms. The SMILES string of the molecule is Cc1cc(/C(O)=C2\C(=O)C(=O)N(c3cccc(C)c3C)C2c2ccncc2)ccc1OC(C)C. The molecule has 2 aromatic carbocycles. The van der Waals surface area contributed by atoms with E-state index in [4.69, 9.17) is 4.74 Å². The molecule has 174 valence electrons. The summed E-state index contributed by atoms with van der Waals surface area (Å²) in [4.78, 5) is 32.2. The fraction of sp³-hybridized carbons (Fsp3) is 0.250. The van der Waals surface area contributed by atoms with Crippen molar-refractivity contribution >= 4 is 23.1 Å². The number of benzene rings is 2. The van der Waals surface area contributed by atoms with Crippen molar-refractivity contribution < 1.29 is 19.4 Å². The molecule has 1 saturated heterocycles. The first kappa shape index (κ1) is 23.2. The zero-order chi connectivity index (χ0) is 24.6. The van der Waals surface area contributed by atoms with Crippen LogP contribution >= 0.6 is 0 Å². The van der Waals surface area contributed by atoms with E-state index in [9.17, 15) is 14.7 Å². The Morgan fingerprint density at radius 3 is 2.35 bits per heavy atom. The van der Waals surface area contributed by atoms with Crippen molar-refractivity contribution in [1.82, 2.24) is 4.98 Å². The third-order valence-electron chi connectivity index (χ3n) is 6.11. The van der Waals surface area contributed by atoms with Crippen LogP contribution in [0.2, 0.25) is 0 Å². The zero-order valence-electron chi connectivity index (χ0n) is 20.0. The smallest absolute Gasteiger partial charge is 0.300 e. The highest BCUT2D eigenvalue weighted by Gasteiger charge is 2.47. The minimum atomic E-state index is -0.782. The van der Waals surface area contributed by atoms with Gasteiger partial charge in [0.15, 0.2) is 0 Å². The van der Waals surface area contributed by atoms with Gasteiger partial charge >= 0.3 is 0 Å². The summed E-state index contributed by atoms with van der Waals surface area (Å²) in [6.45, 7) is 9.64. The zero-order valence-corrected chi connectivity index (χ0v) is 20.0. The second-order valence-corrected chi connectivity index (χ2v) is 8.82. The van der Waals surface area contributed by atoms with Crippen LogP contribution in [-0.4, -0.2) is 27.9 Å². The third-order valence-corrected chi connectivity index (χ3v) is 6.11. The number of aryl methyl sites for hydroxylation is 2. The standard InChI is InChI=1S/C28H28N2O4/c1-16(2)34-23-10-9-21(15-18(23)4)26(31)24-25(20-11-13-29-14-12-20)30(28(33)27(24)32)22-8-6-7-17(3)19(22)5/h6-16,25,31H,1-5H3/b26-24+. The first-order valence-electron chi connectivity index (χ1n) is 11.3. The van der Waals surface area contributed by atoms with Gasteiger partial charge in [0.1, 0.15) is 11.5 Å². The van der Waals surface area contributed by atoms with Crippen molar-refractivity contribution in [3.8, 4) is 5.75 Å². The molecule has 1 aromatic heterocycles. The summed E-state index contributed by atoms with van der Waals surface area (Å²) in [5.74, 6) is -0.908. The van der Waals surface area contributed by atoms with Crippen LogP contribution < -0.4 is 9.64 Å². The quantitative estimate of drug-likeness (QED) is 0.315. The van der Waals surface area contributed by atoms with E-state index in [0.29, 0.717) is 22.6 Å². The van der Waals surface area contributed by atoms with Gasteiger partial charge in [-0.1, -0.05) is 12.1 Å². The third kappa shape index (κ3) is 4.07. The number of amides is 1. The van der Waals surface area contributed by atoms with E-state index in [1.165, 1.54) is 4.90 Å². The lowest BCUT2D eigenvalue weighted by Gasteiger charge is -2.27. The minimum absolute atomic E-state index is 0.00716. The summed E-state index contributed by atoms with van der Waals surface area (Å²) in [7, 11) is 0. The molecule has 1 fully saturated rings. The van der Waals surface area contributed by atoms with Gasteiger partial charge in [0.25, 0.3) is 11.7 Å². The highest BCUT2D eigenvalue weighted by atomic mass is 16.5. The molecule has 1 atom stereocenters. The van der Waals surface area contributed by atoms with Crippen molar-refractivity contribution in [2.45, 2.75) is 46.8 Å². The molecule has 0 aliphatic carbocycles. The Morgan fingerprint density at radius 1 is 1.00 bits per heavy atom. The molecule has 0 radical (unpaired) electrons. The molecule has 1 aliphatic rings. The molecule has 3 aromatic rings. The van der Waals surface area contributed by atoms with Crippen molar-refractivity contribution in [1.29, 1.82) is 0 Å². The lowest BCUT2D eigenvalue weighted by atomic mass is 9.95. The number of hydrogen-bond acceptors (Lipinski definition) is 5. The number of carbonyl (C=O) groups excluding carboxylic acids is 2. The Balaban J connectivity index is 1.91. The molecule has 2 heterocycles. The number of ketones is 1. The minimum Gasteiger partial charge on any atom is -0.507 e. The average Bonchev–Trinajstić information content (AvgIpc) is 3.07. The molecule has 0 saturated carbocycles. The van der Waals surface area contributed by atoms with Crippen LogP contribution in [0.3, 0.4) is 0 Å². The summed E-state index contributed by atoms with van der Waals surface area (Å²) in [5, 5.41) is 11.3. The maximum atomic E-state index is 13.3. The van der Waals surface area contributed by atoms with Crippen LogP contribution in [0, 0.1) is 20.8 Å². The first-order valence-corrected chi connectivity index (χ1v) is 11.3. The van der Waals surface area contributed by atoms with Crippen LogP contribution in [0.5, 0.6) is 5.75 Å². The van der Waals surface area contributed by atoms with Gasteiger partial charge in [-0.3, -0.25) is 19.5 Å². The average molecular weight is 457 g/mol. The monoisotopic (exact) mass is 456 g/mol. The second kappa shape index (κ2) is 9.14. The molecule has 1 amide bonds. The number of anilines is 1. The topological polar surface area (TPSA) is 79.7 Å². The molecular formula is C28H28N2O4. The molecule has 1 unspecified atom stereocenters. The van der Waals surface area contributed by atoms with E-state index in [1.54, 1.807) is 42.7 Å². The summed E-state index contributed by atoms with van der Waals surface area (Å²) in [5.41, 5.74) is 4.55. The van der Waals surface area contributed by atoms with Crippen LogP contribution in [0.15, 0.2) is 66.5 Å². The van der Waals surface area contributed by atoms with E-state index >= 15 is 0 Å². The van der Waals surface area contributed by atoms with Crippen LogP contribution in [-0.2, 0) is 9.59 Å². The Labute approximate surface area is 199 Å². The van der Waals surface area contributed by atoms with Crippen molar-refractivity contribution in [3.63, 3.8) is 0 Å². The van der Waals surface area contributed by atoms with E-state index in [0.717, 1.165) is 16.7 Å². The van der Waals surface area contributed by atoms with Crippen LogP contribution in [0.1, 0.15) is 47.7 Å². The molecule has 6 nitrogen and oxygen atoms in total. The molecular weight excluding hydrogens is 428 g/mol. The molecule has 1 N–H and O–H groups in total. The first-order chi connectivity index (χ1) is 16.2. The number of nitrogens with zero attached hydrogens (tertiary/aromatic N) is 2. The number of carbonyl (C=O) groups is 2. The summed E-state index contributed by atoms with van der Waals surface area (Å²) < 4.78 is 5.80. The summed E-state index contributed by atoms with van der Waals surface area (Å²) >= 11 is 0. The van der Waals surface area contributed by atoms with Crippen molar-refractivity contribution in [3.05, 3.63) is 94.3 Å². The Bertz CT molecular complexity index is 1300. The lowest BCUT2D eigenvalue weighted by molar-refractivity contribution is -0.132. The molecule has 4 rings (SSSR count). The van der Waals surface area contributed by atoms with Gasteiger partial charge in [-0.2, -0.15) is 0 Å². The largest absolute Gasteiger partial charge is 0.507 e. The predicted molar refractivity (Wildman–Crippen MR) is 132 cm³/mol. The fourth-order valence-corrected chi connectivity index (χ4v) is 4.28. The Kier molecular flexibility index (Phi) is 6.24. The van der Waals surface area contributed by atoms with Gasteiger partial charge < -0.3 is 9.84 Å². The van der Waals surface area contributed by atoms with Crippen molar-refractivity contribution in [2.24, 2.45) is 0 Å². The van der Waals surface area contributed by atoms with E-state index < -0.39 is 17.7 Å². The van der Waals surface area contributed by atoms with E-state index in [2.05, 4.69) is 4.98 Å². The Hall–Kier alpha value is -3.93. The van der Waals surface area contributed by atoms with E-state index in [-0.39, 0.29) is 17.4 Å². The van der Waals surface area contributed by atoms with Crippen LogP contribution in [0.25, 0.3) is 5.76 Å². The highest BCUT2D eigenvalue weighted by molar-refractivity contribution is 6.51. The van der Waals surface area contributed by atoms with Gasteiger partial charge in [-0.15, -0.1) is 0 Å². The second-order valence-electron chi connectivity index (χ2n) is 8.82. The summed E-state index contributed by atoms with van der Waals surface area (Å²) in [6, 6.07) is 13.6. The lowest BCUT2D eigenvalue weighted by Crippen LogP contribution is -2.30. The number of aromatic nitrogens is 1. The van der Waals surface area contributed by atoms with Crippen molar-refractivity contribution in [2.75, 3.05) is 4.90 Å². The molecule has 0 spiro atoms. The molecule has 6 heteroatoms. The maximum absolute atomic E-state index is 13.3. The number of hydrogen-bond donors (Lipinski definition) is 1. The number of Topliss-reactive ketones (excluding diaryl/α,β-unsaturated/α-hetero) is 1. The number of rotatable bonds is 5. The molecule has 1 aliphatic heterocycles. The Morgan fingerprint density at radius 2 is 1.71 bits per heavy atom. The number of aliphatic hydroxyl groups excluding tert-OH is 1. The fourth-order valence-electron chi connectivity index (χ4n) is 4.28. The number of ether oxygens (including phenoxy) is 1. The van der Waals surface area contributed by atoms with Gasteiger partial charge in [0.05, 0.1) is 17.7 Å². The van der Waals surface area contributed by atoms with Gasteiger partial charge in [0.2, 0.25) is 0 Å². The highest BCUT2D eigenvalue weighted by Crippen LogP contribution is 2.43. The molecule has 0 bridgehead atoms. The number of pyridine rings is 1. The summed E-state index contributed by atoms with van der Waals surface area (Å²) in [6.07, 6.45) is 3.23. The normalized spacial score (nSPS) is 17.5. The maximum Gasteiger partial charge on any atom is 0.300 e. The number of aliphatic hydroxyl groups is 1. The van der Waals surface area contributed by atoms with Gasteiger partial charge in [-0.05, 0) is 93.3 Å². The van der Waals surface area contributed by atoms with E-state index in [1.807, 2.05) is 52.8 Å². The van der Waals surface area contributed by atoms with Gasteiger partial charge in [-0.25, -0.2) is 0 Å². The predicted octanol–water partition coefficient (Wildman–Crippen LogP) is 5.42.